The minimum atomic E-state index is -0.556. The molecule has 0 bridgehead atoms. The van der Waals surface area contributed by atoms with Crippen LogP contribution in [0.2, 0.25) is 0 Å². The van der Waals surface area contributed by atoms with Crippen LogP contribution in [0.1, 0.15) is 21.5 Å². The van der Waals surface area contributed by atoms with Gasteiger partial charge < -0.3 is 5.11 Å². The van der Waals surface area contributed by atoms with Crippen molar-refractivity contribution in [2.75, 3.05) is 6.61 Å². The quantitative estimate of drug-likeness (QED) is 0.466. The van der Waals surface area contributed by atoms with Crippen LogP contribution in [0.3, 0.4) is 0 Å². The highest BCUT2D eigenvalue weighted by molar-refractivity contribution is 5.96. The number of Topliss-reactive ketones (excluding diaryl/α,β-unsaturated/α-hetero) is 1. The number of nitrogens with zero attached hydrogens (tertiary/aromatic N) is 3. The maximum absolute atomic E-state index is 13.2. The monoisotopic (exact) mass is 415 g/mol. The number of rotatable bonds is 7. The van der Waals surface area contributed by atoms with E-state index < -0.39 is 12.3 Å². The molecule has 0 saturated heterocycles. The molecule has 1 N–H and O–H groups in total. The number of pyridine rings is 1. The summed E-state index contributed by atoms with van der Waals surface area (Å²) < 4.78 is 2.73. The lowest BCUT2D eigenvalue weighted by atomic mass is 10.1. The van der Waals surface area contributed by atoms with Crippen molar-refractivity contribution in [2.45, 2.75) is 19.5 Å². The maximum atomic E-state index is 13.2. The second-order valence-corrected chi connectivity index (χ2v) is 7.21. The SMILES string of the molecule is O=C(CO)c1ccc(Cn2c(=O)n(CCc3ccccc3)c(=O)c3cccnc32)cc1. The van der Waals surface area contributed by atoms with Gasteiger partial charge in [0.1, 0.15) is 12.3 Å². The van der Waals surface area contributed by atoms with Gasteiger partial charge in [0.05, 0.1) is 11.9 Å². The fraction of sp³-hybridized carbons (Fsp3) is 0.167. The van der Waals surface area contributed by atoms with Crippen LogP contribution in [0.5, 0.6) is 0 Å². The minimum absolute atomic E-state index is 0.200. The minimum Gasteiger partial charge on any atom is -0.388 e. The standard InChI is InChI=1S/C24H21N3O4/c28-16-21(29)19-10-8-18(9-11-19)15-27-22-20(7-4-13-25-22)23(30)26(24(27)31)14-12-17-5-2-1-3-6-17/h1-11,13,28H,12,14-16H2. The first-order valence-electron chi connectivity index (χ1n) is 9.94. The van der Waals surface area contributed by atoms with Gasteiger partial charge in [-0.15, -0.1) is 0 Å². The lowest BCUT2D eigenvalue weighted by Crippen LogP contribution is -2.41. The van der Waals surface area contributed by atoms with E-state index in [2.05, 4.69) is 4.98 Å². The first-order chi connectivity index (χ1) is 15.1. The number of hydrogen-bond donors (Lipinski definition) is 1. The molecule has 4 rings (SSSR count). The summed E-state index contributed by atoms with van der Waals surface area (Å²) >= 11 is 0. The van der Waals surface area contributed by atoms with Crippen LogP contribution in [-0.2, 0) is 19.5 Å². The molecule has 0 saturated carbocycles. The lowest BCUT2D eigenvalue weighted by Gasteiger charge is -2.14. The molecule has 2 aromatic carbocycles. The third kappa shape index (κ3) is 4.22. The molecule has 0 aliphatic carbocycles. The van der Waals surface area contributed by atoms with Gasteiger partial charge in [-0.05, 0) is 29.7 Å². The Morgan fingerprint density at radius 1 is 0.871 bits per heavy atom. The summed E-state index contributed by atoms with van der Waals surface area (Å²) in [4.78, 5) is 42.1. The maximum Gasteiger partial charge on any atom is 0.332 e. The van der Waals surface area contributed by atoms with E-state index in [4.69, 9.17) is 5.11 Å². The van der Waals surface area contributed by atoms with Crippen molar-refractivity contribution in [1.29, 1.82) is 0 Å². The fourth-order valence-electron chi connectivity index (χ4n) is 3.54. The Kier molecular flexibility index (Phi) is 5.86. The highest BCUT2D eigenvalue weighted by atomic mass is 16.3. The Balaban J connectivity index is 1.74. The van der Waals surface area contributed by atoms with E-state index in [0.29, 0.717) is 23.0 Å². The molecule has 0 spiro atoms. The van der Waals surface area contributed by atoms with Crippen LogP contribution in [0.25, 0.3) is 11.0 Å². The van der Waals surface area contributed by atoms with E-state index in [0.717, 1.165) is 11.1 Å². The summed E-state index contributed by atoms with van der Waals surface area (Å²) in [6, 6.07) is 19.7. The Morgan fingerprint density at radius 3 is 2.32 bits per heavy atom. The molecule has 0 atom stereocenters. The number of carbonyl (C=O) groups excluding carboxylic acids is 1. The van der Waals surface area contributed by atoms with E-state index >= 15 is 0 Å². The molecule has 0 amide bonds. The van der Waals surface area contributed by atoms with Gasteiger partial charge in [0.2, 0.25) is 0 Å². The third-order valence-corrected chi connectivity index (χ3v) is 5.21. The zero-order valence-electron chi connectivity index (χ0n) is 16.8. The van der Waals surface area contributed by atoms with Crippen molar-refractivity contribution in [2.24, 2.45) is 0 Å². The van der Waals surface area contributed by atoms with Gasteiger partial charge in [0.25, 0.3) is 5.56 Å². The van der Waals surface area contributed by atoms with Crippen molar-refractivity contribution in [1.82, 2.24) is 14.1 Å². The third-order valence-electron chi connectivity index (χ3n) is 5.21. The Hall–Kier alpha value is -3.84. The van der Waals surface area contributed by atoms with Crippen LogP contribution in [0.15, 0.2) is 82.5 Å². The second kappa shape index (κ2) is 8.89. The number of ketones is 1. The number of benzene rings is 2. The van der Waals surface area contributed by atoms with Crippen molar-refractivity contribution >= 4 is 16.8 Å². The molecule has 2 aromatic heterocycles. The van der Waals surface area contributed by atoms with Gasteiger partial charge in [-0.1, -0.05) is 54.6 Å². The number of aryl methyl sites for hydroxylation is 1. The van der Waals surface area contributed by atoms with Crippen molar-refractivity contribution in [3.05, 3.63) is 110 Å². The van der Waals surface area contributed by atoms with Crippen LogP contribution in [0, 0.1) is 0 Å². The van der Waals surface area contributed by atoms with E-state index in [1.54, 1.807) is 42.6 Å². The second-order valence-electron chi connectivity index (χ2n) is 7.21. The van der Waals surface area contributed by atoms with E-state index in [9.17, 15) is 14.4 Å². The largest absolute Gasteiger partial charge is 0.388 e. The average molecular weight is 415 g/mol. The summed E-state index contributed by atoms with van der Waals surface area (Å²) in [6.45, 7) is -0.0955. The predicted molar refractivity (Wildman–Crippen MR) is 117 cm³/mol. The molecule has 7 heteroatoms. The Bertz CT molecular complexity index is 1340. The molecule has 7 nitrogen and oxygen atoms in total. The topological polar surface area (TPSA) is 94.2 Å². The van der Waals surface area contributed by atoms with Crippen molar-refractivity contribution in [3.8, 4) is 0 Å². The molecule has 0 unspecified atom stereocenters. The first kappa shape index (κ1) is 20.4. The smallest absolute Gasteiger partial charge is 0.332 e. The van der Waals surface area contributed by atoms with Crippen molar-refractivity contribution in [3.63, 3.8) is 0 Å². The molecular formula is C24H21N3O4. The molecule has 2 heterocycles. The van der Waals surface area contributed by atoms with Crippen LogP contribution >= 0.6 is 0 Å². The zero-order chi connectivity index (χ0) is 21.8. The molecule has 0 radical (unpaired) electrons. The highest BCUT2D eigenvalue weighted by Crippen LogP contribution is 2.10. The normalized spacial score (nSPS) is 11.0. The van der Waals surface area contributed by atoms with Crippen molar-refractivity contribution < 1.29 is 9.90 Å². The number of aromatic nitrogens is 3. The van der Waals surface area contributed by atoms with Gasteiger partial charge in [0, 0.05) is 18.3 Å². The van der Waals surface area contributed by atoms with Crippen LogP contribution in [-0.4, -0.2) is 31.6 Å². The number of fused-ring (bicyclic) bond motifs is 1. The summed E-state index contributed by atoms with van der Waals surface area (Å²) in [6.07, 6.45) is 2.11. The summed E-state index contributed by atoms with van der Waals surface area (Å²) in [5, 5.41) is 9.38. The molecule has 0 aliphatic heterocycles. The number of aliphatic hydroxyl groups excluding tert-OH is 1. The number of carbonyl (C=O) groups is 1. The Morgan fingerprint density at radius 2 is 1.61 bits per heavy atom. The van der Waals surface area contributed by atoms with E-state index in [-0.39, 0.29) is 24.4 Å². The zero-order valence-corrected chi connectivity index (χ0v) is 16.8. The highest BCUT2D eigenvalue weighted by Gasteiger charge is 2.14. The average Bonchev–Trinajstić information content (AvgIpc) is 2.82. The summed E-state index contributed by atoms with van der Waals surface area (Å²) in [5.74, 6) is -0.370. The molecular weight excluding hydrogens is 394 g/mol. The molecule has 31 heavy (non-hydrogen) atoms. The predicted octanol–water partition coefficient (Wildman–Crippen LogP) is 2.02. The van der Waals surface area contributed by atoms with Crippen LogP contribution < -0.4 is 11.2 Å². The number of aliphatic hydroxyl groups is 1. The molecule has 4 aromatic rings. The van der Waals surface area contributed by atoms with Gasteiger partial charge in [0.15, 0.2) is 5.78 Å². The molecule has 0 aliphatic rings. The summed E-state index contributed by atoms with van der Waals surface area (Å²) in [7, 11) is 0. The lowest BCUT2D eigenvalue weighted by molar-refractivity contribution is 0.0903. The van der Waals surface area contributed by atoms with Gasteiger partial charge >= 0.3 is 5.69 Å². The van der Waals surface area contributed by atoms with E-state index in [1.807, 2.05) is 30.3 Å². The Labute approximate surface area is 177 Å². The van der Waals surface area contributed by atoms with Gasteiger partial charge in [-0.3, -0.25) is 18.7 Å². The number of hydrogen-bond acceptors (Lipinski definition) is 5. The molecule has 156 valence electrons. The first-order valence-corrected chi connectivity index (χ1v) is 9.94. The summed E-state index contributed by atoms with van der Waals surface area (Å²) in [5.41, 5.74) is 1.75. The van der Waals surface area contributed by atoms with E-state index in [1.165, 1.54) is 9.13 Å². The molecule has 0 fully saturated rings. The van der Waals surface area contributed by atoms with Crippen LogP contribution in [0.4, 0.5) is 0 Å². The fourth-order valence-corrected chi connectivity index (χ4v) is 3.54. The van der Waals surface area contributed by atoms with Gasteiger partial charge in [-0.2, -0.15) is 0 Å². The van der Waals surface area contributed by atoms with Gasteiger partial charge in [-0.25, -0.2) is 9.78 Å².